The molecule has 0 radical (unpaired) electrons. The van der Waals surface area contributed by atoms with Crippen LogP contribution in [0.3, 0.4) is 0 Å². The summed E-state index contributed by atoms with van der Waals surface area (Å²) in [6.07, 6.45) is 0.642. The van der Waals surface area contributed by atoms with E-state index in [2.05, 4.69) is 0 Å². The lowest BCUT2D eigenvalue weighted by Gasteiger charge is -2.07. The number of aryl methyl sites for hydroxylation is 1. The smallest absolute Gasteiger partial charge is 0.466 e. The van der Waals surface area contributed by atoms with Gasteiger partial charge in [-0.2, -0.15) is 0 Å². The highest BCUT2D eigenvalue weighted by Gasteiger charge is 2.11. The van der Waals surface area contributed by atoms with Gasteiger partial charge in [0.15, 0.2) is 0 Å². The Morgan fingerprint density at radius 2 is 1.31 bits per heavy atom. The zero-order valence-corrected chi connectivity index (χ0v) is 16.5. The van der Waals surface area contributed by atoms with Crippen LogP contribution >= 0.6 is 0 Å². The fourth-order valence-electron chi connectivity index (χ4n) is 2.20. The summed E-state index contributed by atoms with van der Waals surface area (Å²) in [5.41, 5.74) is 1.39. The lowest BCUT2D eigenvalue weighted by atomic mass is 10.2. The molecule has 2 aromatic rings. The predicted octanol–water partition coefficient (Wildman–Crippen LogP) is 4.46. The summed E-state index contributed by atoms with van der Waals surface area (Å²) in [5, 5.41) is 0. The maximum atomic E-state index is 12.1. The van der Waals surface area contributed by atoms with Crippen LogP contribution in [0.4, 0.5) is 4.79 Å². The van der Waals surface area contributed by atoms with Crippen LogP contribution in [0.5, 0.6) is 11.5 Å². The molecule has 0 aliphatic carbocycles. The molecular weight excluding hydrogens is 376 g/mol. The first-order valence-electron chi connectivity index (χ1n) is 9.37. The largest absolute Gasteiger partial charge is 0.513 e. The van der Waals surface area contributed by atoms with Crippen molar-refractivity contribution >= 4 is 18.1 Å². The zero-order valence-electron chi connectivity index (χ0n) is 16.5. The molecule has 0 heterocycles. The monoisotopic (exact) mass is 400 g/mol. The zero-order chi connectivity index (χ0) is 21.1. The molecule has 154 valence electrons. The van der Waals surface area contributed by atoms with Gasteiger partial charge in [-0.25, -0.2) is 9.59 Å². The van der Waals surface area contributed by atoms with Crippen molar-refractivity contribution in [3.8, 4) is 11.5 Å². The Balaban J connectivity index is 1.71. The second-order valence-corrected chi connectivity index (χ2v) is 6.21. The summed E-state index contributed by atoms with van der Waals surface area (Å²) in [6.45, 7) is 4.12. The van der Waals surface area contributed by atoms with E-state index in [4.69, 9.17) is 18.9 Å². The van der Waals surface area contributed by atoms with E-state index in [9.17, 15) is 14.4 Å². The van der Waals surface area contributed by atoms with Crippen molar-refractivity contribution in [1.82, 2.24) is 0 Å². The molecule has 0 N–H and O–H groups in total. The van der Waals surface area contributed by atoms with Crippen LogP contribution in [0.1, 0.15) is 42.1 Å². The van der Waals surface area contributed by atoms with E-state index in [-0.39, 0.29) is 18.3 Å². The van der Waals surface area contributed by atoms with E-state index in [0.29, 0.717) is 37.2 Å². The molecule has 0 unspecified atom stereocenters. The van der Waals surface area contributed by atoms with E-state index < -0.39 is 12.1 Å². The number of unbranched alkanes of at least 4 members (excludes halogenated alkanes) is 1. The first-order valence-corrected chi connectivity index (χ1v) is 9.37. The SMILES string of the molecule is CCC(=O)OCCCCOC(=O)Oc1ccc(C(=O)Oc2ccc(C)cc2)cc1. The van der Waals surface area contributed by atoms with Gasteiger partial charge >= 0.3 is 18.1 Å². The van der Waals surface area contributed by atoms with E-state index in [1.165, 1.54) is 24.3 Å². The van der Waals surface area contributed by atoms with Gasteiger partial charge in [-0.15, -0.1) is 0 Å². The molecular formula is C22H24O7. The molecule has 0 bridgehead atoms. The van der Waals surface area contributed by atoms with Crippen molar-refractivity contribution in [2.45, 2.75) is 33.1 Å². The molecule has 7 nitrogen and oxygen atoms in total. The number of benzene rings is 2. The Bertz CT molecular complexity index is 810. The summed E-state index contributed by atoms with van der Waals surface area (Å²) in [6, 6.07) is 13.1. The Hall–Kier alpha value is -3.35. The third-order valence-electron chi connectivity index (χ3n) is 3.83. The Morgan fingerprint density at radius 3 is 1.93 bits per heavy atom. The third kappa shape index (κ3) is 8.04. The number of carbonyl (C=O) groups is 3. The summed E-state index contributed by atoms with van der Waals surface area (Å²) in [5.74, 6) is -0.0593. The van der Waals surface area contributed by atoms with Crippen molar-refractivity contribution in [2.24, 2.45) is 0 Å². The van der Waals surface area contributed by atoms with Crippen molar-refractivity contribution < 1.29 is 33.3 Å². The lowest BCUT2D eigenvalue weighted by molar-refractivity contribution is -0.143. The third-order valence-corrected chi connectivity index (χ3v) is 3.83. The Morgan fingerprint density at radius 1 is 0.759 bits per heavy atom. The first-order chi connectivity index (χ1) is 14.0. The summed E-state index contributed by atoms with van der Waals surface area (Å²) in [7, 11) is 0. The Labute approximate surface area is 169 Å². The minimum Gasteiger partial charge on any atom is -0.466 e. The quantitative estimate of drug-likeness (QED) is 0.266. The minimum absolute atomic E-state index is 0.156. The number of ether oxygens (including phenoxy) is 4. The van der Waals surface area contributed by atoms with Crippen molar-refractivity contribution in [1.29, 1.82) is 0 Å². The van der Waals surface area contributed by atoms with Crippen LogP contribution in [0.2, 0.25) is 0 Å². The van der Waals surface area contributed by atoms with Crippen molar-refractivity contribution in [3.05, 3.63) is 59.7 Å². The molecule has 2 aromatic carbocycles. The number of rotatable bonds is 9. The van der Waals surface area contributed by atoms with Gasteiger partial charge in [0, 0.05) is 6.42 Å². The molecule has 0 amide bonds. The highest BCUT2D eigenvalue weighted by atomic mass is 16.7. The normalized spacial score (nSPS) is 10.1. The second-order valence-electron chi connectivity index (χ2n) is 6.21. The molecule has 0 aliphatic rings. The maximum absolute atomic E-state index is 12.1. The van der Waals surface area contributed by atoms with Crippen molar-refractivity contribution in [2.75, 3.05) is 13.2 Å². The minimum atomic E-state index is -0.842. The molecule has 0 saturated heterocycles. The van der Waals surface area contributed by atoms with Crippen LogP contribution in [0.15, 0.2) is 48.5 Å². The average Bonchev–Trinajstić information content (AvgIpc) is 2.72. The van der Waals surface area contributed by atoms with Crippen LogP contribution in [0.25, 0.3) is 0 Å². The molecule has 0 atom stereocenters. The predicted molar refractivity (Wildman–Crippen MR) is 105 cm³/mol. The van der Waals surface area contributed by atoms with E-state index in [0.717, 1.165) is 5.56 Å². The highest BCUT2D eigenvalue weighted by molar-refractivity contribution is 5.91. The number of carbonyl (C=O) groups excluding carboxylic acids is 3. The van der Waals surface area contributed by atoms with Crippen LogP contribution < -0.4 is 9.47 Å². The fourth-order valence-corrected chi connectivity index (χ4v) is 2.20. The maximum Gasteiger partial charge on any atom is 0.513 e. The highest BCUT2D eigenvalue weighted by Crippen LogP contribution is 2.17. The van der Waals surface area contributed by atoms with E-state index in [1.54, 1.807) is 19.1 Å². The van der Waals surface area contributed by atoms with Crippen LogP contribution in [-0.2, 0) is 14.3 Å². The molecule has 0 aromatic heterocycles. The molecule has 29 heavy (non-hydrogen) atoms. The number of esters is 2. The lowest BCUT2D eigenvalue weighted by Crippen LogP contribution is -2.13. The van der Waals surface area contributed by atoms with Crippen molar-refractivity contribution in [3.63, 3.8) is 0 Å². The second kappa shape index (κ2) is 11.5. The van der Waals surface area contributed by atoms with Gasteiger partial charge in [-0.3, -0.25) is 4.79 Å². The molecule has 2 rings (SSSR count). The number of hydrogen-bond acceptors (Lipinski definition) is 7. The first kappa shape index (κ1) is 21.9. The standard InChI is InChI=1S/C22H24O7/c1-3-20(23)26-14-4-5-15-27-22(25)29-19-12-8-17(9-13-19)21(24)28-18-10-6-16(2)7-11-18/h6-13H,3-5,14-15H2,1-2H3. The van der Waals surface area contributed by atoms with Gasteiger partial charge in [0.25, 0.3) is 0 Å². The van der Waals surface area contributed by atoms with Crippen LogP contribution in [-0.4, -0.2) is 31.3 Å². The fraction of sp³-hybridized carbons (Fsp3) is 0.318. The Kier molecular flexibility index (Phi) is 8.69. The summed E-state index contributed by atoms with van der Waals surface area (Å²) in [4.78, 5) is 34.8. The van der Waals surface area contributed by atoms with Gasteiger partial charge < -0.3 is 18.9 Å². The number of hydrogen-bond donors (Lipinski definition) is 0. The topological polar surface area (TPSA) is 88.1 Å². The van der Waals surface area contributed by atoms with Gasteiger partial charge in [-0.05, 0) is 56.2 Å². The molecule has 0 aliphatic heterocycles. The van der Waals surface area contributed by atoms with Gasteiger partial charge in [-0.1, -0.05) is 24.6 Å². The van der Waals surface area contributed by atoms with Crippen LogP contribution in [0, 0.1) is 6.92 Å². The van der Waals surface area contributed by atoms with Gasteiger partial charge in [0.1, 0.15) is 11.5 Å². The summed E-state index contributed by atoms with van der Waals surface area (Å²) >= 11 is 0. The summed E-state index contributed by atoms with van der Waals surface area (Å²) < 4.78 is 20.2. The van der Waals surface area contributed by atoms with E-state index in [1.807, 2.05) is 19.1 Å². The van der Waals surface area contributed by atoms with Gasteiger partial charge in [0.05, 0.1) is 18.8 Å². The average molecular weight is 400 g/mol. The molecule has 7 heteroatoms. The molecule has 0 spiro atoms. The van der Waals surface area contributed by atoms with E-state index >= 15 is 0 Å². The molecule has 0 fully saturated rings. The molecule has 0 saturated carbocycles. The van der Waals surface area contributed by atoms with Gasteiger partial charge in [0.2, 0.25) is 0 Å².